The molecule has 76 valence electrons. The highest BCUT2D eigenvalue weighted by Gasteiger charge is 2.35. The molecule has 14 heavy (non-hydrogen) atoms. The van der Waals surface area contributed by atoms with Gasteiger partial charge in [0.25, 0.3) is 0 Å². The number of fused-ring (bicyclic) bond motifs is 1. The quantitative estimate of drug-likeness (QED) is 0.684. The van der Waals surface area contributed by atoms with Gasteiger partial charge in [-0.2, -0.15) is 0 Å². The smallest absolute Gasteiger partial charge is 0.146 e. The van der Waals surface area contributed by atoms with Gasteiger partial charge in [0, 0.05) is 5.56 Å². The number of nitrogens with zero attached hydrogens (tertiary/aromatic N) is 1. The van der Waals surface area contributed by atoms with Crippen LogP contribution in [0.1, 0.15) is 23.9 Å². The maximum absolute atomic E-state index is 9.96. The van der Waals surface area contributed by atoms with Crippen molar-refractivity contribution in [1.82, 2.24) is 4.98 Å². The highest BCUT2D eigenvalue weighted by Crippen LogP contribution is 2.38. The van der Waals surface area contributed by atoms with Gasteiger partial charge < -0.3 is 14.9 Å². The second kappa shape index (κ2) is 2.93. The maximum Gasteiger partial charge on any atom is 0.146 e. The Hall–Kier alpha value is -1.13. The van der Waals surface area contributed by atoms with Crippen LogP contribution in [0, 0.1) is 6.92 Å². The largest absolute Gasteiger partial charge is 0.488 e. The average Bonchev–Trinajstić information content (AvgIpc) is 2.43. The molecule has 1 aliphatic rings. The van der Waals surface area contributed by atoms with Crippen LogP contribution in [-0.2, 0) is 12.2 Å². The zero-order valence-electron chi connectivity index (χ0n) is 8.24. The van der Waals surface area contributed by atoms with Crippen LogP contribution in [0.25, 0.3) is 0 Å². The third-order valence-corrected chi connectivity index (χ3v) is 2.44. The molecule has 0 spiro atoms. The first-order chi connectivity index (χ1) is 6.54. The molecule has 1 atom stereocenters. The first-order valence-electron chi connectivity index (χ1n) is 4.51. The first-order valence-corrected chi connectivity index (χ1v) is 4.51. The Balaban J connectivity index is 2.59. The zero-order chi connectivity index (χ0) is 10.3. The Morgan fingerprint density at radius 3 is 3.00 bits per heavy atom. The van der Waals surface area contributed by atoms with Crippen molar-refractivity contribution in [1.29, 1.82) is 0 Å². The van der Waals surface area contributed by atoms with Crippen LogP contribution in [0.4, 0.5) is 0 Å². The summed E-state index contributed by atoms with van der Waals surface area (Å²) in [7, 11) is 0. The van der Waals surface area contributed by atoms with E-state index in [1.54, 1.807) is 19.9 Å². The van der Waals surface area contributed by atoms with Crippen molar-refractivity contribution in [3.05, 3.63) is 23.0 Å². The number of aryl methyl sites for hydroxylation is 1. The molecule has 4 nitrogen and oxygen atoms in total. The third-order valence-electron chi connectivity index (χ3n) is 2.44. The maximum atomic E-state index is 9.96. The SMILES string of the molecule is Cc1nc(CO)cc2c1OCC2(C)O. The summed E-state index contributed by atoms with van der Waals surface area (Å²) in [6.07, 6.45) is 0. The molecule has 0 amide bonds. The number of rotatable bonds is 1. The monoisotopic (exact) mass is 195 g/mol. The van der Waals surface area contributed by atoms with Gasteiger partial charge in [0.05, 0.1) is 18.0 Å². The second-order valence-corrected chi connectivity index (χ2v) is 3.80. The van der Waals surface area contributed by atoms with Gasteiger partial charge in [0.15, 0.2) is 0 Å². The van der Waals surface area contributed by atoms with Gasteiger partial charge in [0.2, 0.25) is 0 Å². The lowest BCUT2D eigenvalue weighted by atomic mass is 9.98. The lowest BCUT2D eigenvalue weighted by molar-refractivity contribution is 0.0348. The minimum absolute atomic E-state index is 0.121. The topological polar surface area (TPSA) is 62.6 Å². The summed E-state index contributed by atoms with van der Waals surface area (Å²) in [6.45, 7) is 3.63. The van der Waals surface area contributed by atoms with E-state index in [4.69, 9.17) is 9.84 Å². The van der Waals surface area contributed by atoms with Crippen molar-refractivity contribution in [3.63, 3.8) is 0 Å². The van der Waals surface area contributed by atoms with E-state index < -0.39 is 5.60 Å². The molecule has 0 saturated carbocycles. The Morgan fingerprint density at radius 2 is 2.36 bits per heavy atom. The molecule has 2 heterocycles. The number of pyridine rings is 1. The highest BCUT2D eigenvalue weighted by molar-refractivity contribution is 5.45. The molecule has 0 radical (unpaired) electrons. The minimum atomic E-state index is -0.965. The normalized spacial score (nSPS) is 24.6. The van der Waals surface area contributed by atoms with E-state index in [1.807, 2.05) is 0 Å². The highest BCUT2D eigenvalue weighted by atomic mass is 16.5. The van der Waals surface area contributed by atoms with Crippen LogP contribution < -0.4 is 4.74 Å². The van der Waals surface area contributed by atoms with Crippen molar-refractivity contribution >= 4 is 0 Å². The molecule has 0 bridgehead atoms. The molecule has 4 heteroatoms. The molecule has 0 aliphatic carbocycles. The number of aromatic nitrogens is 1. The van der Waals surface area contributed by atoms with Gasteiger partial charge in [-0.25, -0.2) is 0 Å². The summed E-state index contributed by atoms with van der Waals surface area (Å²) in [4.78, 5) is 4.14. The molecule has 0 aromatic carbocycles. The average molecular weight is 195 g/mol. The van der Waals surface area contributed by atoms with Crippen LogP contribution >= 0.6 is 0 Å². The van der Waals surface area contributed by atoms with Crippen molar-refractivity contribution in [2.45, 2.75) is 26.1 Å². The van der Waals surface area contributed by atoms with E-state index in [2.05, 4.69) is 4.98 Å². The lowest BCUT2D eigenvalue weighted by Crippen LogP contribution is -2.22. The molecule has 1 unspecified atom stereocenters. The van der Waals surface area contributed by atoms with Gasteiger partial charge >= 0.3 is 0 Å². The van der Waals surface area contributed by atoms with Gasteiger partial charge in [0.1, 0.15) is 18.0 Å². The summed E-state index contributed by atoms with van der Waals surface area (Å²) in [5.41, 5.74) is 1.03. The molecular weight excluding hydrogens is 182 g/mol. The van der Waals surface area contributed by atoms with E-state index in [1.165, 1.54) is 0 Å². The number of aliphatic hydroxyl groups excluding tert-OH is 1. The predicted octanol–water partition coefficient (Wildman–Crippen LogP) is 0.482. The summed E-state index contributed by atoms with van der Waals surface area (Å²) < 4.78 is 5.35. The molecule has 2 N–H and O–H groups in total. The number of aliphatic hydroxyl groups is 2. The van der Waals surface area contributed by atoms with E-state index in [0.29, 0.717) is 22.7 Å². The van der Waals surface area contributed by atoms with E-state index in [9.17, 15) is 5.11 Å². The fraction of sp³-hybridized carbons (Fsp3) is 0.500. The van der Waals surface area contributed by atoms with E-state index in [0.717, 1.165) is 0 Å². The molecule has 1 aromatic heterocycles. The van der Waals surface area contributed by atoms with Crippen LogP contribution in [0.3, 0.4) is 0 Å². The van der Waals surface area contributed by atoms with Crippen molar-refractivity contribution in [3.8, 4) is 5.75 Å². The number of hydrogen-bond acceptors (Lipinski definition) is 4. The molecule has 0 saturated heterocycles. The van der Waals surface area contributed by atoms with E-state index >= 15 is 0 Å². The fourth-order valence-corrected chi connectivity index (χ4v) is 1.68. The van der Waals surface area contributed by atoms with Crippen LogP contribution in [-0.4, -0.2) is 21.8 Å². The molecule has 1 aromatic rings. The van der Waals surface area contributed by atoms with Crippen molar-refractivity contribution in [2.75, 3.05) is 6.61 Å². The minimum Gasteiger partial charge on any atom is -0.488 e. The number of ether oxygens (including phenoxy) is 1. The number of hydrogen-bond donors (Lipinski definition) is 2. The molecular formula is C10H13NO3. The van der Waals surface area contributed by atoms with Gasteiger partial charge in [-0.1, -0.05) is 0 Å². The third kappa shape index (κ3) is 1.27. The zero-order valence-corrected chi connectivity index (χ0v) is 8.24. The van der Waals surface area contributed by atoms with Gasteiger partial charge in [-0.3, -0.25) is 4.98 Å². The van der Waals surface area contributed by atoms with Crippen molar-refractivity contribution < 1.29 is 14.9 Å². The van der Waals surface area contributed by atoms with Crippen LogP contribution in [0.2, 0.25) is 0 Å². The van der Waals surface area contributed by atoms with Gasteiger partial charge in [-0.05, 0) is 19.9 Å². The van der Waals surface area contributed by atoms with E-state index in [-0.39, 0.29) is 13.2 Å². The Kier molecular flexibility index (Phi) is 1.97. The molecule has 2 rings (SSSR count). The standard InChI is InChI=1S/C10H13NO3/c1-6-9-8(3-7(4-12)11-6)10(2,13)5-14-9/h3,12-13H,4-5H2,1-2H3. The fourth-order valence-electron chi connectivity index (χ4n) is 1.68. The predicted molar refractivity (Wildman–Crippen MR) is 50.0 cm³/mol. The molecule has 1 aliphatic heterocycles. The first kappa shape index (κ1) is 9.43. The Morgan fingerprint density at radius 1 is 1.64 bits per heavy atom. The summed E-state index contributed by atoms with van der Waals surface area (Å²) in [5.74, 6) is 0.646. The molecule has 0 fully saturated rings. The van der Waals surface area contributed by atoms with Crippen molar-refractivity contribution in [2.24, 2.45) is 0 Å². The Bertz CT molecular complexity index is 374. The summed E-state index contributed by atoms with van der Waals surface area (Å²) in [5, 5.41) is 18.9. The Labute approximate surface area is 82.2 Å². The van der Waals surface area contributed by atoms with Gasteiger partial charge in [-0.15, -0.1) is 0 Å². The second-order valence-electron chi connectivity index (χ2n) is 3.80. The summed E-state index contributed by atoms with van der Waals surface area (Å²) in [6, 6.07) is 1.69. The van der Waals surface area contributed by atoms with Crippen LogP contribution in [0.15, 0.2) is 6.07 Å². The lowest BCUT2D eigenvalue weighted by Gasteiger charge is -2.14. The summed E-state index contributed by atoms with van der Waals surface area (Å²) >= 11 is 0. The van der Waals surface area contributed by atoms with Crippen LogP contribution in [0.5, 0.6) is 5.75 Å².